The third kappa shape index (κ3) is 6.15. The first-order valence-corrected chi connectivity index (χ1v) is 18.1. The Hall–Kier alpha value is -5.66. The van der Waals surface area contributed by atoms with Crippen LogP contribution in [-0.2, 0) is 9.59 Å². The number of amides is 4. The molecule has 270 valence electrons. The number of aromatic amines is 2. The number of carboxylic acid groups (broad SMARTS) is 2. The van der Waals surface area contributed by atoms with Gasteiger partial charge in [0.15, 0.2) is 0 Å². The van der Waals surface area contributed by atoms with E-state index in [1.807, 2.05) is 34.1 Å². The molecule has 0 spiro atoms. The maximum atomic E-state index is 13.4. The van der Waals surface area contributed by atoms with E-state index in [9.17, 15) is 29.4 Å². The first-order chi connectivity index (χ1) is 25.1. The Bertz CT molecular complexity index is 1860. The highest BCUT2D eigenvalue weighted by molar-refractivity contribution is 5.87. The molecule has 4 fully saturated rings. The summed E-state index contributed by atoms with van der Waals surface area (Å²) in [6.45, 7) is 3.61. The average Bonchev–Trinajstić information content (AvgIpc) is 3.74. The van der Waals surface area contributed by atoms with Crippen molar-refractivity contribution in [2.75, 3.05) is 0 Å². The maximum Gasteiger partial charge on any atom is 0.405 e. The van der Waals surface area contributed by atoms with Gasteiger partial charge in [-0.05, 0) is 72.6 Å². The first kappa shape index (κ1) is 33.5. The smallest absolute Gasteiger partial charge is 0.405 e. The molecule has 2 saturated heterocycles. The van der Waals surface area contributed by atoms with Crippen LogP contribution < -0.4 is 10.6 Å². The van der Waals surface area contributed by atoms with E-state index >= 15 is 0 Å². The molecule has 8 atom stereocenters. The number of nitrogens with zero attached hydrogens (tertiary/aromatic N) is 4. The van der Waals surface area contributed by atoms with Gasteiger partial charge in [-0.15, -0.1) is 0 Å². The van der Waals surface area contributed by atoms with Crippen molar-refractivity contribution in [1.82, 2.24) is 40.4 Å². The molecular weight excluding hydrogens is 664 g/mol. The lowest BCUT2D eigenvalue weighted by molar-refractivity contribution is -0.136. The van der Waals surface area contributed by atoms with Gasteiger partial charge in [-0.1, -0.05) is 62.4 Å². The van der Waals surface area contributed by atoms with Gasteiger partial charge in [-0.3, -0.25) is 9.59 Å². The minimum atomic E-state index is -1.20. The van der Waals surface area contributed by atoms with Gasteiger partial charge in [-0.25, -0.2) is 19.6 Å². The number of hydrogen-bond acceptors (Lipinski definition) is 6. The van der Waals surface area contributed by atoms with E-state index in [1.165, 1.54) is 0 Å². The molecule has 2 aromatic carbocycles. The largest absolute Gasteiger partial charge is 0.465 e. The van der Waals surface area contributed by atoms with Gasteiger partial charge in [0.2, 0.25) is 11.8 Å². The van der Waals surface area contributed by atoms with E-state index in [-0.39, 0.29) is 36.0 Å². The zero-order chi connectivity index (χ0) is 36.3. The molecule has 4 aliphatic rings. The Morgan fingerprint density at radius 2 is 1.02 bits per heavy atom. The van der Waals surface area contributed by atoms with Crippen LogP contribution in [0.1, 0.15) is 76.1 Å². The number of benzene rings is 2. The zero-order valence-corrected chi connectivity index (χ0v) is 29.0. The summed E-state index contributed by atoms with van der Waals surface area (Å²) in [5, 5.41) is 23.2. The van der Waals surface area contributed by atoms with Crippen molar-refractivity contribution in [3.63, 3.8) is 0 Å². The van der Waals surface area contributed by atoms with Crippen LogP contribution in [0.4, 0.5) is 9.59 Å². The number of hydrogen-bond donors (Lipinski definition) is 6. The summed E-state index contributed by atoms with van der Waals surface area (Å²) >= 11 is 0. The number of fused-ring (bicyclic) bond motifs is 2. The second kappa shape index (κ2) is 13.1. The monoisotopic (exact) mass is 706 g/mol. The topological polar surface area (TPSA) is 197 Å². The second-order valence-electron chi connectivity index (χ2n) is 14.5. The highest BCUT2D eigenvalue weighted by Crippen LogP contribution is 2.54. The minimum absolute atomic E-state index is 0.138. The number of likely N-dealkylation sites (tertiary alicyclic amines) is 2. The van der Waals surface area contributed by atoms with Gasteiger partial charge in [0, 0.05) is 12.1 Å². The minimum Gasteiger partial charge on any atom is -0.465 e. The third-order valence-electron chi connectivity index (χ3n) is 11.3. The van der Waals surface area contributed by atoms with Crippen LogP contribution in [0.2, 0.25) is 0 Å². The fourth-order valence-electron chi connectivity index (χ4n) is 8.36. The Balaban J connectivity index is 0.933. The summed E-state index contributed by atoms with van der Waals surface area (Å²) in [6, 6.07) is 14.7. The van der Waals surface area contributed by atoms with E-state index in [4.69, 9.17) is 0 Å². The molecule has 0 bridgehead atoms. The number of imidazole rings is 2. The maximum absolute atomic E-state index is 13.4. The van der Waals surface area contributed by atoms with Crippen LogP contribution in [0.25, 0.3) is 33.6 Å². The van der Waals surface area contributed by atoms with Crippen LogP contribution in [-0.4, -0.2) is 88.1 Å². The van der Waals surface area contributed by atoms with Crippen LogP contribution in [0, 0.1) is 11.8 Å². The summed E-state index contributed by atoms with van der Waals surface area (Å²) < 4.78 is 0. The standard InChI is InChI=1S/C38H42N8O6/c1-3-25(43-37(49)50)35(47)45-29-13-23(29)15-31(45)33-39-17-27(41-33)21-9-5-19(6-10-21)20-7-11-22(12-8-20)28-18-40-34(42-28)32-16-24-14-30(24)46(32)36(48)26(4-2)44-38(51)52/h5-12,17-18,23-26,29-32,43-44H,3-4,13-16H2,1-2H3,(H,39,41)(H,40,42)(H,49,50)(H,51,52)/t23-,24-,25+,26+,29-,30-,31+,32+/m1/s1. The molecule has 52 heavy (non-hydrogen) atoms. The first-order valence-electron chi connectivity index (χ1n) is 18.1. The van der Waals surface area contributed by atoms with Crippen molar-refractivity contribution in [1.29, 1.82) is 0 Å². The van der Waals surface area contributed by atoms with Crippen LogP contribution in [0.5, 0.6) is 0 Å². The van der Waals surface area contributed by atoms with E-state index in [0.717, 1.165) is 59.3 Å². The molecule has 14 nitrogen and oxygen atoms in total. The SMILES string of the molecule is CC[C@H](NC(=O)O)C(=O)N1[C@@H]2C[C@@H]2C[C@H]1c1ncc(-c2ccc(-c3ccc(-c4cnc([C@@H]5C[C@H]6C[C@H]6N5C(=O)[C@H](CC)NC(=O)O)[nH]4)cc3)cc2)[nH]1. The fourth-order valence-corrected chi connectivity index (χ4v) is 8.36. The molecule has 0 unspecified atom stereocenters. The summed E-state index contributed by atoms with van der Waals surface area (Å²) in [6.07, 6.45) is 5.46. The van der Waals surface area contributed by atoms with Gasteiger partial charge < -0.3 is 40.6 Å². The number of nitrogens with one attached hydrogen (secondary N) is 4. The van der Waals surface area contributed by atoms with Crippen LogP contribution >= 0.6 is 0 Å². The summed E-state index contributed by atoms with van der Waals surface area (Å²) in [5.41, 5.74) is 5.71. The number of carbonyl (C=O) groups excluding carboxylic acids is 2. The summed E-state index contributed by atoms with van der Waals surface area (Å²) in [5.74, 6) is 1.89. The Morgan fingerprint density at radius 3 is 1.37 bits per heavy atom. The van der Waals surface area contributed by atoms with Crippen molar-refractivity contribution in [3.8, 4) is 33.6 Å². The Labute approximate surface area is 300 Å². The molecular formula is C38H42N8O6. The predicted molar refractivity (Wildman–Crippen MR) is 190 cm³/mol. The van der Waals surface area contributed by atoms with Crippen molar-refractivity contribution in [3.05, 3.63) is 72.6 Å². The summed E-state index contributed by atoms with van der Waals surface area (Å²) in [7, 11) is 0. The van der Waals surface area contributed by atoms with Crippen LogP contribution in [0.3, 0.4) is 0 Å². The lowest BCUT2D eigenvalue weighted by Crippen LogP contribution is -2.48. The van der Waals surface area contributed by atoms with Gasteiger partial charge in [0.1, 0.15) is 23.7 Å². The van der Waals surface area contributed by atoms with Gasteiger partial charge in [0.25, 0.3) is 0 Å². The molecule has 4 amide bonds. The molecule has 6 N–H and O–H groups in total. The van der Waals surface area contributed by atoms with E-state index in [1.54, 1.807) is 26.2 Å². The van der Waals surface area contributed by atoms with E-state index in [0.29, 0.717) is 36.3 Å². The van der Waals surface area contributed by atoms with Gasteiger partial charge >= 0.3 is 12.2 Å². The Kier molecular flexibility index (Phi) is 8.47. The fraction of sp³-hybridized carbons (Fsp3) is 0.421. The van der Waals surface area contributed by atoms with Crippen molar-refractivity contribution >= 4 is 24.0 Å². The summed E-state index contributed by atoms with van der Waals surface area (Å²) in [4.78, 5) is 69.1. The lowest BCUT2D eigenvalue weighted by atomic mass is 10.0. The number of rotatable bonds is 11. The van der Waals surface area contributed by atoms with E-state index < -0.39 is 24.3 Å². The Morgan fingerprint density at radius 1 is 0.654 bits per heavy atom. The van der Waals surface area contributed by atoms with Crippen molar-refractivity contribution in [2.24, 2.45) is 11.8 Å². The van der Waals surface area contributed by atoms with Gasteiger partial charge in [0.05, 0.1) is 35.9 Å². The number of aromatic nitrogens is 4. The van der Waals surface area contributed by atoms with Crippen LogP contribution in [0.15, 0.2) is 60.9 Å². The molecule has 2 saturated carbocycles. The molecule has 4 heterocycles. The van der Waals surface area contributed by atoms with Crippen molar-refractivity contribution < 1.29 is 29.4 Å². The molecule has 2 aliphatic heterocycles. The number of carbonyl (C=O) groups is 4. The van der Waals surface area contributed by atoms with Crippen molar-refractivity contribution in [2.45, 2.75) is 88.6 Å². The zero-order valence-electron chi connectivity index (χ0n) is 29.0. The molecule has 2 aliphatic carbocycles. The highest BCUT2D eigenvalue weighted by atomic mass is 16.4. The molecule has 2 aromatic heterocycles. The number of piperidine rings is 2. The molecule has 4 aromatic rings. The average molecular weight is 707 g/mol. The van der Waals surface area contributed by atoms with Gasteiger partial charge in [-0.2, -0.15) is 0 Å². The second-order valence-corrected chi connectivity index (χ2v) is 14.5. The lowest BCUT2D eigenvalue weighted by Gasteiger charge is -2.29. The molecule has 14 heteroatoms. The normalized spacial score (nSPS) is 25.2. The molecule has 0 radical (unpaired) electrons. The third-order valence-corrected chi connectivity index (χ3v) is 11.3. The molecule has 8 rings (SSSR count). The number of H-pyrrole nitrogens is 2. The highest BCUT2D eigenvalue weighted by Gasteiger charge is 2.57. The predicted octanol–water partition coefficient (Wildman–Crippen LogP) is 5.55. The van der Waals surface area contributed by atoms with E-state index in [2.05, 4.69) is 54.8 Å². The quantitative estimate of drug-likeness (QED) is 0.117.